The van der Waals surface area contributed by atoms with E-state index >= 15 is 0 Å². The lowest BCUT2D eigenvalue weighted by Gasteiger charge is -2.28. The second kappa shape index (κ2) is 8.04. The van der Waals surface area contributed by atoms with Gasteiger partial charge in [-0.15, -0.1) is 0 Å². The first-order valence-corrected chi connectivity index (χ1v) is 6.96. The number of piperazine rings is 1. The van der Waals surface area contributed by atoms with Crippen molar-refractivity contribution in [3.8, 4) is 0 Å². The lowest BCUT2D eigenvalue weighted by Crippen LogP contribution is -2.44. The highest BCUT2D eigenvalue weighted by Gasteiger charge is 2.20. The van der Waals surface area contributed by atoms with Crippen LogP contribution in [-0.2, 0) is 0 Å². The van der Waals surface area contributed by atoms with Gasteiger partial charge in [-0.25, -0.2) is 0 Å². The summed E-state index contributed by atoms with van der Waals surface area (Å²) in [5.41, 5.74) is 0. The summed E-state index contributed by atoms with van der Waals surface area (Å²) < 4.78 is 0. The second-order valence-corrected chi connectivity index (χ2v) is 4.80. The van der Waals surface area contributed by atoms with Gasteiger partial charge >= 0.3 is 0 Å². The number of nitrogens with zero attached hydrogens (tertiary/aromatic N) is 2. The van der Waals surface area contributed by atoms with Crippen molar-refractivity contribution < 1.29 is 0 Å². The third kappa shape index (κ3) is 4.81. The van der Waals surface area contributed by atoms with Crippen molar-refractivity contribution in [1.82, 2.24) is 15.1 Å². The van der Waals surface area contributed by atoms with E-state index in [-0.39, 0.29) is 0 Å². The molecular formula is C13H29N3. The summed E-state index contributed by atoms with van der Waals surface area (Å²) in [6, 6.07) is 0. The molecule has 16 heavy (non-hydrogen) atoms. The molecule has 3 nitrogen and oxygen atoms in total. The Bertz CT molecular complexity index is 162. The molecule has 0 aromatic rings. The maximum absolute atomic E-state index is 3.40. The Labute approximate surface area is 101 Å². The van der Waals surface area contributed by atoms with E-state index in [2.05, 4.69) is 22.2 Å². The zero-order valence-corrected chi connectivity index (χ0v) is 11.3. The molecule has 2 saturated heterocycles. The number of hydrogen-bond donors (Lipinski definition) is 1. The molecule has 1 N–H and O–H groups in total. The van der Waals surface area contributed by atoms with E-state index in [9.17, 15) is 0 Å². The zero-order chi connectivity index (χ0) is 11.8. The van der Waals surface area contributed by atoms with Crippen LogP contribution in [0.4, 0.5) is 0 Å². The molecule has 0 aliphatic carbocycles. The van der Waals surface area contributed by atoms with E-state index in [1.165, 1.54) is 58.7 Å². The van der Waals surface area contributed by atoms with Gasteiger partial charge in [-0.1, -0.05) is 13.8 Å². The van der Waals surface area contributed by atoms with Crippen molar-refractivity contribution in [3.05, 3.63) is 0 Å². The highest BCUT2D eigenvalue weighted by Crippen LogP contribution is 2.18. The van der Waals surface area contributed by atoms with Crippen LogP contribution >= 0.6 is 0 Å². The first-order chi connectivity index (χ1) is 7.84. The van der Waals surface area contributed by atoms with Crippen LogP contribution in [0.5, 0.6) is 0 Å². The normalized spacial score (nSPS) is 27.6. The molecule has 3 heteroatoms. The molecule has 2 aliphatic rings. The lowest BCUT2D eigenvalue weighted by molar-refractivity contribution is 0.224. The van der Waals surface area contributed by atoms with Crippen molar-refractivity contribution in [1.29, 1.82) is 0 Å². The Morgan fingerprint density at radius 3 is 2.38 bits per heavy atom. The van der Waals surface area contributed by atoms with Crippen molar-refractivity contribution >= 4 is 0 Å². The minimum Gasteiger partial charge on any atom is -0.314 e. The van der Waals surface area contributed by atoms with Gasteiger partial charge in [0.25, 0.3) is 0 Å². The van der Waals surface area contributed by atoms with E-state index in [4.69, 9.17) is 0 Å². The van der Waals surface area contributed by atoms with Gasteiger partial charge in [-0.2, -0.15) is 0 Å². The van der Waals surface area contributed by atoms with Gasteiger partial charge in [0.2, 0.25) is 0 Å². The van der Waals surface area contributed by atoms with Gasteiger partial charge in [-0.05, 0) is 38.9 Å². The Hall–Kier alpha value is -0.120. The number of likely N-dealkylation sites (tertiary alicyclic amines) is 1. The molecule has 0 bridgehead atoms. The maximum Gasteiger partial charge on any atom is 0.0107 e. The van der Waals surface area contributed by atoms with Crippen LogP contribution in [0.3, 0.4) is 0 Å². The Kier molecular flexibility index (Phi) is 7.01. The van der Waals surface area contributed by atoms with Crippen LogP contribution in [0.15, 0.2) is 0 Å². The Morgan fingerprint density at radius 2 is 1.81 bits per heavy atom. The molecule has 0 spiro atoms. The molecule has 0 aromatic heterocycles. The van der Waals surface area contributed by atoms with Gasteiger partial charge in [-0.3, -0.25) is 0 Å². The van der Waals surface area contributed by atoms with Crippen molar-refractivity contribution in [3.63, 3.8) is 0 Å². The summed E-state index contributed by atoms with van der Waals surface area (Å²) in [5.74, 6) is 0.967. The summed E-state index contributed by atoms with van der Waals surface area (Å²) in [6.45, 7) is 12.8. The van der Waals surface area contributed by atoms with Gasteiger partial charge in [0, 0.05) is 32.7 Å². The summed E-state index contributed by atoms with van der Waals surface area (Å²) in [4.78, 5) is 5.07. The number of rotatable bonds is 3. The molecule has 2 aliphatic heterocycles. The summed E-state index contributed by atoms with van der Waals surface area (Å²) in [6.07, 6.45) is 2.83. The molecule has 2 heterocycles. The molecule has 1 atom stereocenters. The second-order valence-electron chi connectivity index (χ2n) is 4.80. The SMILES string of the molecule is CC.CN1CCC(CCN2CCNCC2)C1. The predicted molar refractivity (Wildman–Crippen MR) is 70.9 cm³/mol. The fourth-order valence-electron chi connectivity index (χ4n) is 2.56. The lowest BCUT2D eigenvalue weighted by atomic mass is 10.0. The van der Waals surface area contributed by atoms with E-state index in [1.807, 2.05) is 13.8 Å². The minimum absolute atomic E-state index is 0.967. The van der Waals surface area contributed by atoms with Crippen LogP contribution in [0.2, 0.25) is 0 Å². The largest absolute Gasteiger partial charge is 0.314 e. The topological polar surface area (TPSA) is 18.5 Å². The third-order valence-corrected chi connectivity index (χ3v) is 3.55. The molecule has 2 fully saturated rings. The molecule has 96 valence electrons. The van der Waals surface area contributed by atoms with E-state index in [0.29, 0.717) is 0 Å². The van der Waals surface area contributed by atoms with Crippen LogP contribution in [0, 0.1) is 5.92 Å². The zero-order valence-electron chi connectivity index (χ0n) is 11.3. The smallest absolute Gasteiger partial charge is 0.0107 e. The van der Waals surface area contributed by atoms with E-state index in [0.717, 1.165) is 5.92 Å². The molecule has 0 radical (unpaired) electrons. The third-order valence-electron chi connectivity index (χ3n) is 3.55. The summed E-state index contributed by atoms with van der Waals surface area (Å²) >= 11 is 0. The predicted octanol–water partition coefficient (Wildman–Crippen LogP) is 1.26. The first-order valence-electron chi connectivity index (χ1n) is 6.96. The number of hydrogen-bond acceptors (Lipinski definition) is 3. The van der Waals surface area contributed by atoms with E-state index < -0.39 is 0 Å². The molecule has 0 aromatic carbocycles. The van der Waals surface area contributed by atoms with Crippen molar-refractivity contribution in [2.75, 3.05) is 52.9 Å². The molecule has 1 unspecified atom stereocenters. The van der Waals surface area contributed by atoms with Gasteiger partial charge in [0.15, 0.2) is 0 Å². The van der Waals surface area contributed by atoms with Gasteiger partial charge < -0.3 is 15.1 Å². The summed E-state index contributed by atoms with van der Waals surface area (Å²) in [5, 5.41) is 3.40. The summed E-state index contributed by atoms with van der Waals surface area (Å²) in [7, 11) is 2.24. The van der Waals surface area contributed by atoms with Gasteiger partial charge in [0.1, 0.15) is 0 Å². The van der Waals surface area contributed by atoms with Crippen LogP contribution < -0.4 is 5.32 Å². The van der Waals surface area contributed by atoms with Crippen molar-refractivity contribution in [2.24, 2.45) is 5.92 Å². The maximum atomic E-state index is 3.40. The molecular weight excluding hydrogens is 198 g/mol. The quantitative estimate of drug-likeness (QED) is 0.783. The number of nitrogens with one attached hydrogen (secondary N) is 1. The Balaban J connectivity index is 0.000000606. The average Bonchev–Trinajstić information content (AvgIpc) is 2.77. The highest BCUT2D eigenvalue weighted by molar-refractivity contribution is 4.75. The fraction of sp³-hybridized carbons (Fsp3) is 1.00. The van der Waals surface area contributed by atoms with Crippen LogP contribution in [0.25, 0.3) is 0 Å². The minimum atomic E-state index is 0.967. The standard InChI is InChI=1S/C11H23N3.C2H6/c1-13-6-2-11(10-13)3-7-14-8-4-12-5-9-14;1-2/h11-12H,2-10H2,1H3;1-2H3. The molecule has 0 saturated carbocycles. The fourth-order valence-corrected chi connectivity index (χ4v) is 2.56. The average molecular weight is 227 g/mol. The van der Waals surface area contributed by atoms with Crippen LogP contribution in [0.1, 0.15) is 26.7 Å². The van der Waals surface area contributed by atoms with Crippen molar-refractivity contribution in [2.45, 2.75) is 26.7 Å². The Morgan fingerprint density at radius 1 is 1.12 bits per heavy atom. The molecule has 0 amide bonds. The van der Waals surface area contributed by atoms with Crippen LogP contribution in [-0.4, -0.2) is 62.7 Å². The van der Waals surface area contributed by atoms with E-state index in [1.54, 1.807) is 0 Å². The van der Waals surface area contributed by atoms with Gasteiger partial charge in [0.05, 0.1) is 0 Å². The monoisotopic (exact) mass is 227 g/mol. The highest BCUT2D eigenvalue weighted by atomic mass is 15.2. The first kappa shape index (κ1) is 13.9. The molecule has 2 rings (SSSR count).